The lowest BCUT2D eigenvalue weighted by atomic mass is 9.58. The van der Waals surface area contributed by atoms with Gasteiger partial charge in [-0.15, -0.1) is 0 Å². The topological polar surface area (TPSA) is 17.1 Å². The first-order valence-electron chi connectivity index (χ1n) is 8.25. The average molecular weight is 288 g/mol. The number of ketones is 1. The van der Waals surface area contributed by atoms with Crippen LogP contribution in [0, 0.1) is 11.8 Å². The highest BCUT2D eigenvalue weighted by Crippen LogP contribution is 2.54. The van der Waals surface area contributed by atoms with Gasteiger partial charge in [0.2, 0.25) is 0 Å². The van der Waals surface area contributed by atoms with E-state index in [2.05, 4.69) is 24.3 Å². The SMILES string of the molecule is O=C(C1=C(c2ccccc2)C2CCCCC12)c1ccccc1. The number of carbonyl (C=O) groups excluding carboxylic acids is 1. The summed E-state index contributed by atoms with van der Waals surface area (Å²) in [6.45, 7) is 0. The van der Waals surface area contributed by atoms with Gasteiger partial charge in [0.15, 0.2) is 5.78 Å². The molecule has 2 unspecified atom stereocenters. The fourth-order valence-corrected chi connectivity index (χ4v) is 4.15. The first-order chi connectivity index (χ1) is 10.9. The predicted molar refractivity (Wildman–Crippen MR) is 89.6 cm³/mol. The van der Waals surface area contributed by atoms with Gasteiger partial charge in [-0.25, -0.2) is 0 Å². The smallest absolute Gasteiger partial charge is 0.189 e. The molecular weight excluding hydrogens is 268 g/mol. The molecule has 0 amide bonds. The lowest BCUT2D eigenvalue weighted by molar-refractivity contribution is 0.0995. The van der Waals surface area contributed by atoms with Crippen LogP contribution in [-0.4, -0.2) is 5.78 Å². The Morgan fingerprint density at radius 3 is 2.05 bits per heavy atom. The molecule has 0 saturated heterocycles. The third-order valence-corrected chi connectivity index (χ3v) is 5.16. The Morgan fingerprint density at radius 2 is 1.36 bits per heavy atom. The molecule has 2 aliphatic carbocycles. The molecule has 0 bridgehead atoms. The van der Waals surface area contributed by atoms with Gasteiger partial charge in [-0.1, -0.05) is 73.5 Å². The summed E-state index contributed by atoms with van der Waals surface area (Å²) in [7, 11) is 0. The highest BCUT2D eigenvalue weighted by molar-refractivity contribution is 6.16. The monoisotopic (exact) mass is 288 g/mol. The van der Waals surface area contributed by atoms with Crippen molar-refractivity contribution in [3.8, 4) is 0 Å². The third kappa shape index (κ3) is 2.12. The van der Waals surface area contributed by atoms with Crippen LogP contribution in [0.15, 0.2) is 66.2 Å². The van der Waals surface area contributed by atoms with E-state index in [1.807, 2.05) is 36.4 Å². The van der Waals surface area contributed by atoms with Crippen molar-refractivity contribution in [3.63, 3.8) is 0 Å². The molecule has 0 radical (unpaired) electrons. The molecule has 4 rings (SSSR count). The number of rotatable bonds is 3. The first-order valence-corrected chi connectivity index (χ1v) is 8.25. The second-order valence-corrected chi connectivity index (χ2v) is 6.39. The maximum atomic E-state index is 13.0. The zero-order chi connectivity index (χ0) is 14.9. The van der Waals surface area contributed by atoms with Crippen LogP contribution in [0.25, 0.3) is 5.57 Å². The molecule has 2 aromatic carbocycles. The molecular formula is C21H20O. The number of allylic oxidation sites excluding steroid dienone is 2. The molecule has 110 valence electrons. The minimum atomic E-state index is 0.239. The van der Waals surface area contributed by atoms with E-state index in [9.17, 15) is 4.79 Å². The third-order valence-electron chi connectivity index (χ3n) is 5.16. The van der Waals surface area contributed by atoms with E-state index in [1.165, 1.54) is 36.8 Å². The summed E-state index contributed by atoms with van der Waals surface area (Å²) in [5, 5.41) is 0. The zero-order valence-corrected chi connectivity index (χ0v) is 12.7. The lowest BCUT2D eigenvalue weighted by Gasteiger charge is -2.45. The van der Waals surface area contributed by atoms with Crippen LogP contribution in [0.3, 0.4) is 0 Å². The standard InChI is InChI=1S/C21H20O/c22-21(16-11-5-2-6-12-16)20-18-14-8-7-13-17(18)19(20)15-9-3-1-4-10-15/h1-6,9-12,17-18H,7-8,13-14H2. The Labute approximate surface area is 131 Å². The van der Waals surface area contributed by atoms with Gasteiger partial charge in [-0.05, 0) is 35.8 Å². The summed E-state index contributed by atoms with van der Waals surface area (Å²) in [6, 6.07) is 20.2. The van der Waals surface area contributed by atoms with Crippen molar-refractivity contribution < 1.29 is 4.79 Å². The van der Waals surface area contributed by atoms with Gasteiger partial charge in [-0.3, -0.25) is 4.79 Å². The van der Waals surface area contributed by atoms with E-state index in [-0.39, 0.29) is 5.78 Å². The molecule has 2 atom stereocenters. The Kier molecular flexibility index (Phi) is 3.42. The van der Waals surface area contributed by atoms with Crippen molar-refractivity contribution >= 4 is 11.4 Å². The summed E-state index contributed by atoms with van der Waals surface area (Å²) < 4.78 is 0. The number of benzene rings is 2. The van der Waals surface area contributed by atoms with E-state index in [0.29, 0.717) is 11.8 Å². The summed E-state index contributed by atoms with van der Waals surface area (Å²) in [5.74, 6) is 1.32. The van der Waals surface area contributed by atoms with Gasteiger partial charge in [0.1, 0.15) is 0 Å². The number of fused-ring (bicyclic) bond motifs is 1. The highest BCUT2D eigenvalue weighted by Gasteiger charge is 2.44. The first kappa shape index (κ1) is 13.5. The van der Waals surface area contributed by atoms with Crippen LogP contribution in [0.4, 0.5) is 0 Å². The second kappa shape index (κ2) is 5.57. The van der Waals surface area contributed by atoms with E-state index in [4.69, 9.17) is 0 Å². The molecule has 2 aliphatic rings. The van der Waals surface area contributed by atoms with Gasteiger partial charge in [0.05, 0.1) is 0 Å². The molecule has 0 aliphatic heterocycles. The maximum Gasteiger partial charge on any atom is 0.189 e. The number of hydrogen-bond donors (Lipinski definition) is 0. The molecule has 1 nitrogen and oxygen atoms in total. The predicted octanol–water partition coefficient (Wildman–Crippen LogP) is 5.14. The van der Waals surface area contributed by atoms with Gasteiger partial charge >= 0.3 is 0 Å². The summed E-state index contributed by atoms with van der Waals surface area (Å²) >= 11 is 0. The average Bonchev–Trinajstić information content (AvgIpc) is 2.58. The Bertz CT molecular complexity index is 712. The van der Waals surface area contributed by atoms with Crippen LogP contribution in [0.2, 0.25) is 0 Å². The Balaban J connectivity index is 1.80. The van der Waals surface area contributed by atoms with Gasteiger partial charge in [-0.2, -0.15) is 0 Å². The van der Waals surface area contributed by atoms with Crippen molar-refractivity contribution in [2.24, 2.45) is 11.8 Å². The van der Waals surface area contributed by atoms with Gasteiger partial charge < -0.3 is 0 Å². The summed E-state index contributed by atoms with van der Waals surface area (Å²) in [5.41, 5.74) is 4.47. The van der Waals surface area contributed by atoms with Crippen LogP contribution < -0.4 is 0 Å². The van der Waals surface area contributed by atoms with E-state index in [0.717, 1.165) is 11.1 Å². The molecule has 0 aromatic heterocycles. The molecule has 0 heterocycles. The van der Waals surface area contributed by atoms with Crippen LogP contribution in [-0.2, 0) is 0 Å². The quantitative estimate of drug-likeness (QED) is 0.714. The van der Waals surface area contributed by atoms with E-state index in [1.54, 1.807) is 0 Å². The molecule has 1 saturated carbocycles. The molecule has 0 N–H and O–H groups in total. The van der Waals surface area contributed by atoms with Crippen molar-refractivity contribution in [3.05, 3.63) is 77.4 Å². The number of Topliss-reactive ketones (excluding diaryl/α,β-unsaturated/α-hetero) is 1. The number of hydrogen-bond acceptors (Lipinski definition) is 1. The summed E-state index contributed by atoms with van der Waals surface area (Å²) in [6.07, 6.45) is 4.97. The minimum absolute atomic E-state index is 0.239. The fraction of sp³-hybridized carbons (Fsp3) is 0.286. The van der Waals surface area contributed by atoms with Crippen molar-refractivity contribution in [1.82, 2.24) is 0 Å². The van der Waals surface area contributed by atoms with Gasteiger partial charge in [0, 0.05) is 11.1 Å². The van der Waals surface area contributed by atoms with Crippen LogP contribution in [0.1, 0.15) is 41.6 Å². The van der Waals surface area contributed by atoms with Crippen molar-refractivity contribution in [2.45, 2.75) is 25.7 Å². The fourth-order valence-electron chi connectivity index (χ4n) is 4.15. The van der Waals surface area contributed by atoms with Crippen LogP contribution >= 0.6 is 0 Å². The lowest BCUT2D eigenvalue weighted by Crippen LogP contribution is -2.36. The molecule has 0 spiro atoms. The Hall–Kier alpha value is -2.15. The van der Waals surface area contributed by atoms with Crippen molar-refractivity contribution in [1.29, 1.82) is 0 Å². The van der Waals surface area contributed by atoms with Crippen molar-refractivity contribution in [2.75, 3.05) is 0 Å². The maximum absolute atomic E-state index is 13.0. The van der Waals surface area contributed by atoms with Crippen LogP contribution in [0.5, 0.6) is 0 Å². The minimum Gasteiger partial charge on any atom is -0.289 e. The van der Waals surface area contributed by atoms with E-state index >= 15 is 0 Å². The Morgan fingerprint density at radius 1 is 0.773 bits per heavy atom. The van der Waals surface area contributed by atoms with E-state index < -0.39 is 0 Å². The zero-order valence-electron chi connectivity index (χ0n) is 12.7. The molecule has 1 fully saturated rings. The second-order valence-electron chi connectivity index (χ2n) is 6.39. The normalized spacial score (nSPS) is 23.6. The summed E-state index contributed by atoms with van der Waals surface area (Å²) in [4.78, 5) is 13.0. The highest BCUT2D eigenvalue weighted by atomic mass is 16.1. The molecule has 22 heavy (non-hydrogen) atoms. The molecule has 1 heteroatoms. The molecule has 2 aromatic rings. The largest absolute Gasteiger partial charge is 0.289 e. The number of carbonyl (C=O) groups is 1. The van der Waals surface area contributed by atoms with Gasteiger partial charge in [0.25, 0.3) is 0 Å².